The molecule has 0 saturated heterocycles. The van der Waals surface area contributed by atoms with Crippen molar-refractivity contribution >= 4 is 17.9 Å². The molecule has 0 fully saturated rings. The van der Waals surface area contributed by atoms with E-state index in [9.17, 15) is 14.4 Å². The van der Waals surface area contributed by atoms with E-state index in [1.807, 2.05) is 0 Å². The van der Waals surface area contributed by atoms with Gasteiger partial charge in [0.1, 0.15) is 13.2 Å². The van der Waals surface area contributed by atoms with E-state index in [-0.39, 0.29) is 31.1 Å². The molecule has 0 aromatic rings. The van der Waals surface area contributed by atoms with Gasteiger partial charge in [0.2, 0.25) is 0 Å². The average molecular weight is 964 g/mol. The van der Waals surface area contributed by atoms with E-state index >= 15 is 0 Å². The second-order valence-electron chi connectivity index (χ2n) is 19.5. The van der Waals surface area contributed by atoms with Crippen LogP contribution in [0, 0.1) is 0 Å². The molecule has 398 valence electrons. The Kier molecular flexibility index (Phi) is 54.8. The van der Waals surface area contributed by atoms with Gasteiger partial charge in [0, 0.05) is 19.3 Å². The van der Waals surface area contributed by atoms with Crippen molar-refractivity contribution in [3.05, 3.63) is 72.9 Å². The number of unbranched alkanes of at least 4 members (excludes halogenated alkanes) is 30. The highest BCUT2D eigenvalue weighted by atomic mass is 16.6. The zero-order valence-electron chi connectivity index (χ0n) is 45.6. The predicted molar refractivity (Wildman–Crippen MR) is 298 cm³/mol. The number of allylic oxidation sites excluding steroid dienone is 12. The van der Waals surface area contributed by atoms with Gasteiger partial charge in [-0.25, -0.2) is 0 Å². The molecule has 0 heterocycles. The third-order valence-corrected chi connectivity index (χ3v) is 12.7. The van der Waals surface area contributed by atoms with Crippen molar-refractivity contribution in [1.82, 2.24) is 0 Å². The highest BCUT2D eigenvalue weighted by Crippen LogP contribution is 2.16. The molecule has 1 atom stereocenters. The minimum absolute atomic E-state index is 0.0767. The normalized spacial score (nSPS) is 12.6. The first-order chi connectivity index (χ1) is 34.0. The third kappa shape index (κ3) is 55.6. The molecule has 0 bridgehead atoms. The minimum atomic E-state index is -0.776. The molecule has 1 unspecified atom stereocenters. The number of ether oxygens (including phenoxy) is 3. The lowest BCUT2D eigenvalue weighted by atomic mass is 10.0. The maximum Gasteiger partial charge on any atom is 0.306 e. The molecule has 6 nitrogen and oxygen atoms in total. The van der Waals surface area contributed by atoms with E-state index in [1.165, 1.54) is 148 Å². The predicted octanol–water partition coefficient (Wildman–Crippen LogP) is 19.8. The molecule has 6 heteroatoms. The van der Waals surface area contributed by atoms with Gasteiger partial charge < -0.3 is 14.2 Å². The second-order valence-corrected chi connectivity index (χ2v) is 19.5. The first kappa shape index (κ1) is 65.8. The Hall–Kier alpha value is -3.15. The van der Waals surface area contributed by atoms with Crippen LogP contribution in [-0.4, -0.2) is 37.2 Å². The molecule has 0 spiro atoms. The van der Waals surface area contributed by atoms with Gasteiger partial charge in [-0.1, -0.05) is 261 Å². The van der Waals surface area contributed by atoms with Crippen LogP contribution in [0.1, 0.15) is 290 Å². The summed E-state index contributed by atoms with van der Waals surface area (Å²) in [6, 6.07) is 0. The lowest BCUT2D eigenvalue weighted by molar-refractivity contribution is -0.167. The summed E-state index contributed by atoms with van der Waals surface area (Å²) in [5.41, 5.74) is 0. The molecule has 0 amide bonds. The minimum Gasteiger partial charge on any atom is -0.462 e. The molecule has 69 heavy (non-hydrogen) atoms. The van der Waals surface area contributed by atoms with Gasteiger partial charge >= 0.3 is 17.9 Å². The molecule has 0 aliphatic rings. The molecule has 0 aromatic carbocycles. The van der Waals surface area contributed by atoms with Crippen LogP contribution in [-0.2, 0) is 28.6 Å². The van der Waals surface area contributed by atoms with Crippen LogP contribution in [0.25, 0.3) is 0 Å². The summed E-state index contributed by atoms with van der Waals surface area (Å²) in [6.45, 7) is 6.48. The average Bonchev–Trinajstić information content (AvgIpc) is 3.35. The first-order valence-electron chi connectivity index (χ1n) is 29.4. The van der Waals surface area contributed by atoms with Crippen LogP contribution in [0.15, 0.2) is 72.9 Å². The van der Waals surface area contributed by atoms with E-state index in [4.69, 9.17) is 14.2 Å². The molecule has 0 rings (SSSR count). The fraction of sp³-hybridized carbons (Fsp3) is 0.762. The smallest absolute Gasteiger partial charge is 0.306 e. The monoisotopic (exact) mass is 963 g/mol. The fourth-order valence-corrected chi connectivity index (χ4v) is 8.30. The van der Waals surface area contributed by atoms with Crippen molar-refractivity contribution in [3.8, 4) is 0 Å². The first-order valence-corrected chi connectivity index (χ1v) is 29.4. The van der Waals surface area contributed by atoms with Gasteiger partial charge in [-0.05, 0) is 83.5 Å². The molecule has 0 saturated carbocycles. The fourth-order valence-electron chi connectivity index (χ4n) is 8.30. The summed E-state index contributed by atoms with van der Waals surface area (Å²) >= 11 is 0. The van der Waals surface area contributed by atoms with Crippen LogP contribution in [0.5, 0.6) is 0 Å². The number of carbonyl (C=O) groups excluding carboxylic acids is 3. The van der Waals surface area contributed by atoms with Crippen LogP contribution < -0.4 is 0 Å². The van der Waals surface area contributed by atoms with Gasteiger partial charge in [0.05, 0.1) is 0 Å². The highest BCUT2D eigenvalue weighted by molar-refractivity contribution is 5.71. The van der Waals surface area contributed by atoms with Crippen molar-refractivity contribution in [3.63, 3.8) is 0 Å². The Morgan fingerprint density at radius 3 is 0.957 bits per heavy atom. The largest absolute Gasteiger partial charge is 0.462 e. The number of carbonyl (C=O) groups is 3. The van der Waals surface area contributed by atoms with Crippen LogP contribution in [0.3, 0.4) is 0 Å². The van der Waals surface area contributed by atoms with E-state index in [0.717, 1.165) is 103 Å². The van der Waals surface area contributed by atoms with Crippen molar-refractivity contribution < 1.29 is 28.6 Å². The highest BCUT2D eigenvalue weighted by Gasteiger charge is 2.19. The van der Waals surface area contributed by atoms with Crippen LogP contribution in [0.4, 0.5) is 0 Å². The van der Waals surface area contributed by atoms with Crippen molar-refractivity contribution in [2.75, 3.05) is 13.2 Å². The Morgan fingerprint density at radius 1 is 0.304 bits per heavy atom. The Bertz CT molecular complexity index is 1290. The van der Waals surface area contributed by atoms with Gasteiger partial charge in [0.15, 0.2) is 6.10 Å². The van der Waals surface area contributed by atoms with Crippen molar-refractivity contribution in [2.24, 2.45) is 0 Å². The Balaban J connectivity index is 4.20. The van der Waals surface area contributed by atoms with Gasteiger partial charge in [-0.2, -0.15) is 0 Å². The second kappa shape index (κ2) is 57.4. The van der Waals surface area contributed by atoms with Gasteiger partial charge in [-0.15, -0.1) is 0 Å². The van der Waals surface area contributed by atoms with E-state index in [2.05, 4.69) is 93.7 Å². The van der Waals surface area contributed by atoms with Crippen LogP contribution >= 0.6 is 0 Å². The molecule has 0 N–H and O–H groups in total. The maximum atomic E-state index is 12.8. The quantitative estimate of drug-likeness (QED) is 0.0262. The number of rotatable bonds is 53. The van der Waals surface area contributed by atoms with Crippen molar-refractivity contribution in [2.45, 2.75) is 297 Å². The van der Waals surface area contributed by atoms with E-state index in [1.54, 1.807) is 0 Å². The number of hydrogen-bond donors (Lipinski definition) is 0. The molecular weight excluding hydrogens is 853 g/mol. The molecule has 0 radical (unpaired) electrons. The molecule has 0 aliphatic carbocycles. The number of esters is 3. The van der Waals surface area contributed by atoms with Gasteiger partial charge in [0.25, 0.3) is 0 Å². The maximum absolute atomic E-state index is 12.8. The summed E-state index contributed by atoms with van der Waals surface area (Å²) < 4.78 is 16.8. The topological polar surface area (TPSA) is 78.9 Å². The Morgan fingerprint density at radius 2 is 0.594 bits per heavy atom. The molecule has 0 aliphatic heterocycles. The zero-order chi connectivity index (χ0) is 50.0. The SMILES string of the molecule is CC/C=C\C/C=C\C/C=C\C/C=C\C/C=C\CCCCCCCCCCCCCC(=O)OCC(COC(=O)CCCCCCC/C=C\CCC)OC(=O)CCCCCCCCCCCCCCCC. The number of hydrogen-bond acceptors (Lipinski definition) is 6. The Labute approximate surface area is 427 Å². The van der Waals surface area contributed by atoms with Gasteiger partial charge in [-0.3, -0.25) is 14.4 Å². The third-order valence-electron chi connectivity index (χ3n) is 12.7. The summed E-state index contributed by atoms with van der Waals surface area (Å²) in [5.74, 6) is -0.880. The zero-order valence-corrected chi connectivity index (χ0v) is 45.6. The standard InChI is InChI=1S/C63H110O6/c1-4-7-10-13-16-19-22-24-26-27-28-29-30-31-32-33-34-35-36-37-38-40-41-44-47-50-53-56-62(65)68-59-60(58-67-61(64)55-52-49-46-43-21-18-15-12-9-6-3)69-63(66)57-54-51-48-45-42-39-25-23-20-17-14-11-8-5-2/h7,10,12,15-16,19,24,26,28-29,31-32,60H,4-6,8-9,11,13-14,17-18,20-23,25,27,30,33-59H2,1-3H3/b10-7-,15-12-,19-16-,26-24-,29-28-,32-31-. The summed E-state index contributed by atoms with van der Waals surface area (Å²) in [7, 11) is 0. The van der Waals surface area contributed by atoms with Crippen molar-refractivity contribution in [1.29, 1.82) is 0 Å². The van der Waals surface area contributed by atoms with E-state index in [0.29, 0.717) is 19.3 Å². The lowest BCUT2D eigenvalue weighted by Gasteiger charge is -2.18. The summed E-state index contributed by atoms with van der Waals surface area (Å²) in [5, 5.41) is 0. The molecule has 0 aromatic heterocycles. The van der Waals surface area contributed by atoms with E-state index < -0.39 is 6.10 Å². The summed E-state index contributed by atoms with van der Waals surface area (Å²) in [6.07, 6.45) is 73.3. The molecular formula is C63H110O6. The summed E-state index contributed by atoms with van der Waals surface area (Å²) in [4.78, 5) is 38.1. The lowest BCUT2D eigenvalue weighted by Crippen LogP contribution is -2.30. The van der Waals surface area contributed by atoms with Crippen LogP contribution in [0.2, 0.25) is 0 Å².